The first-order valence-electron chi connectivity index (χ1n) is 7.30. The number of aromatic hydroxyl groups is 1. The monoisotopic (exact) mass is 393 g/mol. The van der Waals surface area contributed by atoms with Crippen LogP contribution in [-0.2, 0) is 9.59 Å². The molecule has 134 valence electrons. The van der Waals surface area contributed by atoms with Gasteiger partial charge >= 0.3 is 5.97 Å². The maximum atomic E-state index is 12.1. The Hall–Kier alpha value is -2.91. The van der Waals surface area contributed by atoms with Gasteiger partial charge in [0.2, 0.25) is 5.91 Å². The normalized spacial score (nSPS) is 10.8. The SMILES string of the molecule is CC(=O)Nc1ccc2sc3c(O)c(C(=O)NCC(=O)O)nc(Cl)c3c2c1. The third kappa shape index (κ3) is 3.26. The highest BCUT2D eigenvalue weighted by Gasteiger charge is 2.22. The molecule has 0 aliphatic rings. The van der Waals surface area contributed by atoms with Crippen molar-refractivity contribution in [1.29, 1.82) is 0 Å². The van der Waals surface area contributed by atoms with Gasteiger partial charge in [-0.3, -0.25) is 14.4 Å². The van der Waals surface area contributed by atoms with Crippen LogP contribution in [0.4, 0.5) is 5.69 Å². The van der Waals surface area contributed by atoms with Crippen LogP contribution < -0.4 is 10.6 Å². The van der Waals surface area contributed by atoms with E-state index in [-0.39, 0.29) is 22.5 Å². The average Bonchev–Trinajstić information content (AvgIpc) is 2.95. The van der Waals surface area contributed by atoms with E-state index in [9.17, 15) is 19.5 Å². The lowest BCUT2D eigenvalue weighted by molar-refractivity contribution is -0.135. The van der Waals surface area contributed by atoms with E-state index in [1.165, 1.54) is 18.3 Å². The molecule has 26 heavy (non-hydrogen) atoms. The summed E-state index contributed by atoms with van der Waals surface area (Å²) in [6, 6.07) is 5.16. The standard InChI is InChI=1S/C16H12ClN3O5S/c1-6(21)19-7-2-3-9-8(4-7)11-14(26-9)13(24)12(20-15(11)17)16(25)18-5-10(22)23/h2-4,24H,5H2,1H3,(H,18,25)(H,19,21)(H,22,23). The molecule has 8 nitrogen and oxygen atoms in total. The first-order chi connectivity index (χ1) is 12.3. The molecule has 0 fully saturated rings. The number of carboxylic acid groups (broad SMARTS) is 1. The summed E-state index contributed by atoms with van der Waals surface area (Å²) in [5.74, 6) is -2.68. The Balaban J connectivity index is 2.15. The molecule has 2 aromatic heterocycles. The molecule has 0 radical (unpaired) electrons. The molecule has 2 heterocycles. The molecule has 0 bridgehead atoms. The smallest absolute Gasteiger partial charge is 0.322 e. The van der Waals surface area contributed by atoms with E-state index in [1.807, 2.05) is 0 Å². The Kier molecular flexibility index (Phi) is 4.66. The van der Waals surface area contributed by atoms with Gasteiger partial charge in [0.15, 0.2) is 11.4 Å². The topological polar surface area (TPSA) is 129 Å². The Bertz CT molecular complexity index is 1080. The molecule has 4 N–H and O–H groups in total. The predicted octanol–water partition coefficient (Wildman–Crippen LogP) is 2.58. The Labute approximate surface area is 155 Å². The largest absolute Gasteiger partial charge is 0.504 e. The maximum absolute atomic E-state index is 12.1. The zero-order valence-corrected chi connectivity index (χ0v) is 14.9. The molecule has 0 atom stereocenters. The van der Waals surface area contributed by atoms with Gasteiger partial charge in [-0.2, -0.15) is 0 Å². The van der Waals surface area contributed by atoms with Crippen LogP contribution in [0.25, 0.3) is 20.2 Å². The highest BCUT2D eigenvalue weighted by Crippen LogP contribution is 2.43. The zero-order valence-electron chi connectivity index (χ0n) is 13.3. The van der Waals surface area contributed by atoms with Crippen molar-refractivity contribution < 1.29 is 24.6 Å². The summed E-state index contributed by atoms with van der Waals surface area (Å²) in [6.07, 6.45) is 0. The number of halogens is 1. The first kappa shape index (κ1) is 17.9. The molecule has 1 aromatic carbocycles. The molecular formula is C16H12ClN3O5S. The van der Waals surface area contributed by atoms with Crippen molar-refractivity contribution in [2.24, 2.45) is 0 Å². The van der Waals surface area contributed by atoms with Gasteiger partial charge in [0.1, 0.15) is 11.7 Å². The Morgan fingerprint density at radius 3 is 2.69 bits per heavy atom. The van der Waals surface area contributed by atoms with E-state index in [0.29, 0.717) is 21.2 Å². The summed E-state index contributed by atoms with van der Waals surface area (Å²) in [7, 11) is 0. The number of aliphatic carboxylic acids is 1. The minimum atomic E-state index is -1.22. The highest BCUT2D eigenvalue weighted by molar-refractivity contribution is 7.26. The molecule has 3 aromatic rings. The summed E-state index contributed by atoms with van der Waals surface area (Å²) in [6.45, 7) is 0.778. The second-order valence-corrected chi connectivity index (χ2v) is 6.78. The molecule has 0 aliphatic heterocycles. The number of carbonyl (C=O) groups excluding carboxylic acids is 2. The van der Waals surface area contributed by atoms with Crippen molar-refractivity contribution in [2.45, 2.75) is 6.92 Å². The zero-order chi connectivity index (χ0) is 19.0. The van der Waals surface area contributed by atoms with Crippen molar-refractivity contribution in [3.63, 3.8) is 0 Å². The number of aromatic nitrogens is 1. The lowest BCUT2D eigenvalue weighted by atomic mass is 10.1. The van der Waals surface area contributed by atoms with Gasteiger partial charge in [-0.25, -0.2) is 4.98 Å². The summed E-state index contributed by atoms with van der Waals surface area (Å²) in [5, 5.41) is 25.0. The summed E-state index contributed by atoms with van der Waals surface area (Å²) in [5.41, 5.74) is 0.209. The van der Waals surface area contributed by atoms with Crippen LogP contribution in [0.15, 0.2) is 18.2 Å². The fourth-order valence-corrected chi connectivity index (χ4v) is 3.93. The number of anilines is 1. The number of thiophene rings is 1. The Morgan fingerprint density at radius 2 is 2.04 bits per heavy atom. The number of carbonyl (C=O) groups is 3. The lowest BCUT2D eigenvalue weighted by Crippen LogP contribution is -2.30. The van der Waals surface area contributed by atoms with E-state index in [1.54, 1.807) is 18.2 Å². The molecule has 0 unspecified atom stereocenters. The average molecular weight is 394 g/mol. The fourth-order valence-electron chi connectivity index (χ4n) is 2.46. The number of nitrogens with one attached hydrogen (secondary N) is 2. The van der Waals surface area contributed by atoms with Crippen LogP contribution in [0, 0.1) is 0 Å². The number of fused-ring (bicyclic) bond motifs is 3. The van der Waals surface area contributed by atoms with E-state index in [0.717, 1.165) is 4.70 Å². The van der Waals surface area contributed by atoms with Crippen molar-refractivity contribution >= 4 is 66.6 Å². The minimum Gasteiger partial charge on any atom is -0.504 e. The second-order valence-electron chi connectivity index (χ2n) is 5.37. The van der Waals surface area contributed by atoms with E-state index >= 15 is 0 Å². The molecule has 0 spiro atoms. The third-order valence-electron chi connectivity index (χ3n) is 3.48. The highest BCUT2D eigenvalue weighted by atomic mass is 35.5. The van der Waals surface area contributed by atoms with Crippen molar-refractivity contribution in [3.05, 3.63) is 29.0 Å². The van der Waals surface area contributed by atoms with Gasteiger partial charge in [-0.15, -0.1) is 11.3 Å². The quantitative estimate of drug-likeness (QED) is 0.504. The van der Waals surface area contributed by atoms with Crippen molar-refractivity contribution in [3.8, 4) is 5.75 Å². The maximum Gasteiger partial charge on any atom is 0.322 e. The molecule has 0 saturated heterocycles. The Morgan fingerprint density at radius 1 is 1.31 bits per heavy atom. The van der Waals surface area contributed by atoms with Crippen LogP contribution in [-0.4, -0.2) is 39.5 Å². The lowest BCUT2D eigenvalue weighted by Gasteiger charge is -2.06. The number of hydrogen-bond acceptors (Lipinski definition) is 6. The van der Waals surface area contributed by atoms with Crippen LogP contribution in [0.1, 0.15) is 17.4 Å². The summed E-state index contributed by atoms with van der Waals surface area (Å²) in [4.78, 5) is 37.8. The molecule has 10 heteroatoms. The van der Waals surface area contributed by atoms with Gasteiger partial charge in [0.05, 0.1) is 4.70 Å². The number of nitrogens with zero attached hydrogens (tertiary/aromatic N) is 1. The van der Waals surface area contributed by atoms with Crippen molar-refractivity contribution in [1.82, 2.24) is 10.3 Å². The summed E-state index contributed by atoms with van der Waals surface area (Å²) < 4.78 is 1.12. The van der Waals surface area contributed by atoms with E-state index in [4.69, 9.17) is 16.7 Å². The van der Waals surface area contributed by atoms with Gasteiger partial charge in [0, 0.05) is 28.1 Å². The number of benzene rings is 1. The van der Waals surface area contributed by atoms with Crippen LogP contribution in [0.2, 0.25) is 5.15 Å². The number of amides is 2. The van der Waals surface area contributed by atoms with Gasteiger partial charge in [0.25, 0.3) is 5.91 Å². The number of hydrogen-bond donors (Lipinski definition) is 4. The molecule has 3 rings (SSSR count). The minimum absolute atomic E-state index is 0.00972. The third-order valence-corrected chi connectivity index (χ3v) is 4.93. The van der Waals surface area contributed by atoms with Gasteiger partial charge in [-0.1, -0.05) is 11.6 Å². The van der Waals surface area contributed by atoms with Gasteiger partial charge < -0.3 is 20.8 Å². The predicted molar refractivity (Wildman–Crippen MR) is 98.1 cm³/mol. The molecule has 0 saturated carbocycles. The number of rotatable bonds is 4. The molecular weight excluding hydrogens is 382 g/mol. The first-order valence-corrected chi connectivity index (χ1v) is 8.49. The molecule has 0 aliphatic carbocycles. The van der Waals surface area contributed by atoms with Crippen LogP contribution in [0.3, 0.4) is 0 Å². The molecule has 2 amide bonds. The van der Waals surface area contributed by atoms with Crippen LogP contribution in [0.5, 0.6) is 5.75 Å². The van der Waals surface area contributed by atoms with Gasteiger partial charge in [-0.05, 0) is 18.2 Å². The van der Waals surface area contributed by atoms with Crippen molar-refractivity contribution in [2.75, 3.05) is 11.9 Å². The van der Waals surface area contributed by atoms with E-state index < -0.39 is 18.4 Å². The van der Waals surface area contributed by atoms with E-state index in [2.05, 4.69) is 15.6 Å². The summed E-state index contributed by atoms with van der Waals surface area (Å²) >= 11 is 7.42. The second kappa shape index (κ2) is 6.77. The number of pyridine rings is 1. The number of carboxylic acids is 1. The fraction of sp³-hybridized carbons (Fsp3) is 0.125. The van der Waals surface area contributed by atoms with Crippen LogP contribution >= 0.6 is 22.9 Å².